The first kappa shape index (κ1) is 25.4. The van der Waals surface area contributed by atoms with Gasteiger partial charge >= 0.3 is 12.4 Å². The van der Waals surface area contributed by atoms with E-state index in [9.17, 15) is 35.9 Å². The monoisotopic (exact) mass is 552 g/mol. The van der Waals surface area contributed by atoms with E-state index in [1.54, 1.807) is 17.5 Å². The molecule has 0 saturated heterocycles. The molecule has 38 heavy (non-hydrogen) atoms. The fraction of sp³-hybridized carbons (Fsp3) is 0.174. The molecule has 15 heteroatoms. The van der Waals surface area contributed by atoms with Crippen LogP contribution in [-0.2, 0) is 23.6 Å². The predicted octanol–water partition coefficient (Wildman–Crippen LogP) is 5.57. The highest BCUT2D eigenvalue weighted by molar-refractivity contribution is 7.14. The van der Waals surface area contributed by atoms with Gasteiger partial charge in [-0.3, -0.25) is 14.9 Å². The molecule has 196 valence electrons. The molecule has 8 nitrogen and oxygen atoms in total. The number of halogens is 6. The van der Waals surface area contributed by atoms with E-state index in [-0.39, 0.29) is 15.7 Å². The molecule has 2 amide bonds. The third-order valence-corrected chi connectivity index (χ3v) is 6.35. The number of nitrogens with zero attached hydrogens (tertiary/aromatic N) is 4. The number of fused-ring (bicyclic) bond motifs is 1. The number of benzene rings is 1. The van der Waals surface area contributed by atoms with Crippen molar-refractivity contribution < 1.29 is 35.9 Å². The van der Waals surface area contributed by atoms with Gasteiger partial charge in [0.2, 0.25) is 5.91 Å². The summed E-state index contributed by atoms with van der Waals surface area (Å²) in [5.74, 6) is -2.05. The molecule has 4 heterocycles. The summed E-state index contributed by atoms with van der Waals surface area (Å²) in [7, 11) is 0. The molecule has 1 aromatic carbocycles. The summed E-state index contributed by atoms with van der Waals surface area (Å²) in [4.78, 5) is 32.1. The van der Waals surface area contributed by atoms with Gasteiger partial charge in [0.15, 0.2) is 16.6 Å². The van der Waals surface area contributed by atoms with E-state index >= 15 is 0 Å². The molecule has 2 N–H and O–H groups in total. The van der Waals surface area contributed by atoms with Gasteiger partial charge in [-0.15, -0.1) is 11.3 Å². The average Bonchev–Trinajstić information content (AvgIpc) is 3.51. The van der Waals surface area contributed by atoms with Crippen molar-refractivity contribution in [1.82, 2.24) is 19.7 Å². The number of rotatable bonds is 4. The highest BCUT2D eigenvalue weighted by atomic mass is 32.1. The highest BCUT2D eigenvalue weighted by Gasteiger charge is 2.41. The molecular weight excluding hydrogens is 538 g/mol. The van der Waals surface area contributed by atoms with Crippen LogP contribution in [0.15, 0.2) is 48.1 Å². The molecule has 4 aromatic rings. The lowest BCUT2D eigenvalue weighted by Gasteiger charge is -2.17. The second-order valence-corrected chi connectivity index (χ2v) is 8.99. The zero-order valence-electron chi connectivity index (χ0n) is 18.8. The lowest BCUT2D eigenvalue weighted by molar-refractivity contribution is -0.143. The van der Waals surface area contributed by atoms with E-state index in [4.69, 9.17) is 0 Å². The number of alkyl halides is 6. The van der Waals surface area contributed by atoms with Crippen molar-refractivity contribution in [2.24, 2.45) is 0 Å². The lowest BCUT2D eigenvalue weighted by Crippen LogP contribution is -2.21. The normalized spacial score (nSPS) is 13.7. The van der Waals surface area contributed by atoms with Crippen molar-refractivity contribution in [3.05, 3.63) is 70.5 Å². The summed E-state index contributed by atoms with van der Waals surface area (Å²) in [6.07, 6.45) is -7.80. The van der Waals surface area contributed by atoms with Crippen LogP contribution in [0.4, 0.5) is 37.2 Å². The van der Waals surface area contributed by atoms with Crippen LogP contribution in [0, 0.1) is 0 Å². The minimum absolute atomic E-state index is 0.00547. The van der Waals surface area contributed by atoms with Gasteiger partial charge in [-0.25, -0.2) is 14.6 Å². The van der Waals surface area contributed by atoms with Crippen molar-refractivity contribution in [2.45, 2.75) is 25.2 Å². The van der Waals surface area contributed by atoms with Crippen LogP contribution < -0.4 is 10.6 Å². The number of thiazole rings is 1. The Bertz CT molecular complexity index is 1560. The van der Waals surface area contributed by atoms with Gasteiger partial charge in [-0.1, -0.05) is 6.07 Å². The minimum Gasteiger partial charge on any atom is -0.326 e. The number of carbonyl (C=O) groups is 2. The molecule has 0 unspecified atom stereocenters. The fourth-order valence-electron chi connectivity index (χ4n) is 3.84. The number of aryl methyl sites for hydroxylation is 1. The number of aromatic nitrogens is 4. The van der Waals surface area contributed by atoms with E-state index in [1.165, 1.54) is 0 Å². The fourth-order valence-corrected chi connectivity index (χ4v) is 4.56. The Kier molecular flexibility index (Phi) is 6.17. The molecule has 1 aliphatic rings. The SMILES string of the molecule is O=C1CCc2cc(-c3csc(NC(=O)c4cnn(-c5cc(C(F)(F)F)ccn5)c4C(F)(F)F)n3)ccc2N1. The quantitative estimate of drug-likeness (QED) is 0.323. The Labute approximate surface area is 213 Å². The Morgan fingerprint density at radius 2 is 1.84 bits per heavy atom. The van der Waals surface area contributed by atoms with Crippen molar-refractivity contribution in [2.75, 3.05) is 10.6 Å². The maximum absolute atomic E-state index is 13.9. The zero-order chi connectivity index (χ0) is 27.2. The molecule has 0 bridgehead atoms. The number of carbonyl (C=O) groups excluding carboxylic acids is 2. The number of amides is 2. The maximum atomic E-state index is 13.9. The van der Waals surface area contributed by atoms with Crippen molar-refractivity contribution in [1.29, 1.82) is 0 Å². The lowest BCUT2D eigenvalue weighted by atomic mass is 9.99. The topological polar surface area (TPSA) is 102 Å². The van der Waals surface area contributed by atoms with E-state index in [2.05, 4.69) is 25.7 Å². The first-order valence-corrected chi connectivity index (χ1v) is 11.7. The van der Waals surface area contributed by atoms with Crippen LogP contribution >= 0.6 is 11.3 Å². The van der Waals surface area contributed by atoms with Crippen LogP contribution in [0.25, 0.3) is 17.1 Å². The van der Waals surface area contributed by atoms with Gasteiger partial charge in [0, 0.05) is 29.2 Å². The highest BCUT2D eigenvalue weighted by Crippen LogP contribution is 2.36. The Balaban J connectivity index is 1.42. The number of hydrogen-bond donors (Lipinski definition) is 2. The van der Waals surface area contributed by atoms with Gasteiger partial charge < -0.3 is 5.32 Å². The van der Waals surface area contributed by atoms with Crippen LogP contribution in [0.1, 0.15) is 33.6 Å². The van der Waals surface area contributed by atoms with Gasteiger partial charge in [-0.2, -0.15) is 31.4 Å². The average molecular weight is 552 g/mol. The van der Waals surface area contributed by atoms with E-state index in [0.717, 1.165) is 16.9 Å². The first-order valence-electron chi connectivity index (χ1n) is 10.8. The summed E-state index contributed by atoms with van der Waals surface area (Å²) in [6.45, 7) is 0. The third kappa shape index (κ3) is 4.96. The van der Waals surface area contributed by atoms with Crippen LogP contribution in [0.2, 0.25) is 0 Å². The molecule has 0 saturated carbocycles. The number of pyridine rings is 1. The minimum atomic E-state index is -5.15. The van der Waals surface area contributed by atoms with Crippen molar-refractivity contribution in [3.63, 3.8) is 0 Å². The van der Waals surface area contributed by atoms with Gasteiger partial charge in [0.25, 0.3) is 5.91 Å². The standard InChI is InChI=1S/C23H14F6N6O2S/c24-22(25,26)13-5-6-30-17(8-13)35-19(23(27,28)29)14(9-31-35)20(37)34-21-33-16(10-38-21)12-1-3-15-11(7-12)2-4-18(36)32-15/h1,3,5-10H,2,4H2,(H,32,36)(H,33,34,37). The van der Waals surface area contributed by atoms with Crippen LogP contribution in [0.5, 0.6) is 0 Å². The van der Waals surface area contributed by atoms with Crippen molar-refractivity contribution >= 4 is 34.0 Å². The summed E-state index contributed by atoms with van der Waals surface area (Å²) < 4.78 is 81.1. The molecule has 0 radical (unpaired) electrons. The summed E-state index contributed by atoms with van der Waals surface area (Å²) >= 11 is 0.968. The molecule has 0 fully saturated rings. The molecule has 0 spiro atoms. The number of nitrogens with one attached hydrogen (secondary N) is 2. The summed E-state index contributed by atoms with van der Waals surface area (Å²) in [6, 6.07) is 6.25. The summed E-state index contributed by atoms with van der Waals surface area (Å²) in [5.41, 5.74) is -1.03. The van der Waals surface area contributed by atoms with Crippen LogP contribution in [-0.4, -0.2) is 31.6 Å². The Hall–Kier alpha value is -4.27. The van der Waals surface area contributed by atoms with E-state index in [0.29, 0.717) is 54.3 Å². The van der Waals surface area contributed by atoms with Gasteiger partial charge in [-0.05, 0) is 36.2 Å². The smallest absolute Gasteiger partial charge is 0.326 e. The first-order chi connectivity index (χ1) is 17.9. The van der Waals surface area contributed by atoms with Crippen molar-refractivity contribution in [3.8, 4) is 17.1 Å². The molecular formula is C23H14F6N6O2S. The second kappa shape index (κ2) is 9.24. The van der Waals surface area contributed by atoms with E-state index < -0.39 is 40.9 Å². The largest absolute Gasteiger partial charge is 0.434 e. The molecule has 3 aromatic heterocycles. The Morgan fingerprint density at radius 3 is 2.58 bits per heavy atom. The van der Waals surface area contributed by atoms with E-state index in [1.807, 2.05) is 6.07 Å². The third-order valence-electron chi connectivity index (χ3n) is 5.59. The van der Waals surface area contributed by atoms with Gasteiger partial charge in [0.05, 0.1) is 23.0 Å². The number of anilines is 2. The molecule has 0 atom stereocenters. The van der Waals surface area contributed by atoms with Gasteiger partial charge in [0.1, 0.15) is 0 Å². The number of hydrogen-bond acceptors (Lipinski definition) is 6. The maximum Gasteiger partial charge on any atom is 0.434 e. The zero-order valence-corrected chi connectivity index (χ0v) is 19.6. The Morgan fingerprint density at radius 1 is 1.05 bits per heavy atom. The predicted molar refractivity (Wildman–Crippen MR) is 124 cm³/mol. The molecule has 0 aliphatic carbocycles. The summed E-state index contributed by atoms with van der Waals surface area (Å²) in [5, 5.41) is 10.1. The second-order valence-electron chi connectivity index (χ2n) is 8.13. The molecule has 1 aliphatic heterocycles. The van der Waals surface area contributed by atoms with Crippen LogP contribution in [0.3, 0.4) is 0 Å². The molecule has 5 rings (SSSR count).